The number of nitrogens with one attached hydrogen (secondary N) is 2. The number of rotatable bonds is 3. The number of hydrogen-bond acceptors (Lipinski definition) is 4. The molecule has 2 heterocycles. The Morgan fingerprint density at radius 1 is 1.30 bits per heavy atom. The second-order valence-electron chi connectivity index (χ2n) is 4.12. The molecular formula is C14H11FN2O2S. The fourth-order valence-corrected chi connectivity index (χ4v) is 2.74. The van der Waals surface area contributed by atoms with Crippen molar-refractivity contribution in [1.29, 1.82) is 0 Å². The summed E-state index contributed by atoms with van der Waals surface area (Å²) in [4.78, 5) is 12.3. The lowest BCUT2D eigenvalue weighted by molar-refractivity contribution is -0.116. The SMILES string of the molecule is O=C1NC(Nc2ccccc2F)S/C1=C\c1ccco1. The summed E-state index contributed by atoms with van der Waals surface area (Å²) in [5.74, 6) is 0.0419. The molecule has 0 radical (unpaired) electrons. The molecule has 1 aromatic heterocycles. The quantitative estimate of drug-likeness (QED) is 0.853. The van der Waals surface area contributed by atoms with Gasteiger partial charge in [-0.25, -0.2) is 4.39 Å². The zero-order valence-corrected chi connectivity index (χ0v) is 11.1. The first-order valence-electron chi connectivity index (χ1n) is 5.96. The van der Waals surface area contributed by atoms with Crippen LogP contribution >= 0.6 is 11.8 Å². The molecule has 3 rings (SSSR count). The van der Waals surface area contributed by atoms with Crippen molar-refractivity contribution >= 4 is 29.4 Å². The van der Waals surface area contributed by atoms with E-state index in [0.29, 0.717) is 16.4 Å². The maximum absolute atomic E-state index is 13.5. The highest BCUT2D eigenvalue weighted by Crippen LogP contribution is 2.30. The molecule has 0 bridgehead atoms. The van der Waals surface area contributed by atoms with E-state index in [2.05, 4.69) is 10.6 Å². The second kappa shape index (κ2) is 5.42. The van der Waals surface area contributed by atoms with Crippen LogP contribution in [0.25, 0.3) is 6.08 Å². The largest absolute Gasteiger partial charge is 0.465 e. The number of hydrogen-bond donors (Lipinski definition) is 2. The third kappa shape index (κ3) is 2.70. The Morgan fingerprint density at radius 2 is 2.15 bits per heavy atom. The van der Waals surface area contributed by atoms with Gasteiger partial charge in [-0.3, -0.25) is 4.79 Å². The molecule has 4 nitrogen and oxygen atoms in total. The molecule has 2 aromatic rings. The molecule has 1 saturated heterocycles. The van der Waals surface area contributed by atoms with Crippen LogP contribution in [-0.4, -0.2) is 11.4 Å². The summed E-state index contributed by atoms with van der Waals surface area (Å²) < 4.78 is 18.7. The predicted molar refractivity (Wildman–Crippen MR) is 76.2 cm³/mol. The molecule has 0 saturated carbocycles. The van der Waals surface area contributed by atoms with Gasteiger partial charge < -0.3 is 15.1 Å². The predicted octanol–water partition coefficient (Wildman–Crippen LogP) is 3.02. The highest BCUT2D eigenvalue weighted by molar-refractivity contribution is 8.05. The summed E-state index contributed by atoms with van der Waals surface area (Å²) in [6.45, 7) is 0. The number of carbonyl (C=O) groups is 1. The lowest BCUT2D eigenvalue weighted by Gasteiger charge is -2.12. The Kier molecular flexibility index (Phi) is 3.47. The van der Waals surface area contributed by atoms with Gasteiger partial charge in [-0.05, 0) is 24.3 Å². The maximum Gasteiger partial charge on any atom is 0.260 e. The van der Waals surface area contributed by atoms with Crippen LogP contribution in [0.4, 0.5) is 10.1 Å². The highest BCUT2D eigenvalue weighted by atomic mass is 32.2. The van der Waals surface area contributed by atoms with Gasteiger partial charge in [-0.1, -0.05) is 23.9 Å². The minimum absolute atomic E-state index is 0.208. The van der Waals surface area contributed by atoms with E-state index >= 15 is 0 Å². The van der Waals surface area contributed by atoms with Crippen LogP contribution in [0, 0.1) is 5.82 Å². The Morgan fingerprint density at radius 3 is 2.90 bits per heavy atom. The normalized spacial score (nSPS) is 20.1. The monoisotopic (exact) mass is 290 g/mol. The van der Waals surface area contributed by atoms with Gasteiger partial charge in [-0.15, -0.1) is 0 Å². The maximum atomic E-state index is 13.5. The van der Waals surface area contributed by atoms with Crippen LogP contribution in [0.5, 0.6) is 0 Å². The Hall–Kier alpha value is -2.21. The number of carbonyl (C=O) groups excluding carboxylic acids is 1. The third-order valence-corrected chi connectivity index (χ3v) is 3.74. The first-order chi connectivity index (χ1) is 9.72. The molecule has 102 valence electrons. The lowest BCUT2D eigenvalue weighted by atomic mass is 10.3. The van der Waals surface area contributed by atoms with Gasteiger partial charge in [-0.2, -0.15) is 0 Å². The minimum atomic E-state index is -0.402. The number of benzene rings is 1. The van der Waals surface area contributed by atoms with Crippen molar-refractivity contribution in [2.45, 2.75) is 5.50 Å². The molecule has 1 aliphatic heterocycles. The summed E-state index contributed by atoms with van der Waals surface area (Å²) >= 11 is 1.28. The molecule has 0 aliphatic carbocycles. The number of amides is 1. The minimum Gasteiger partial charge on any atom is -0.465 e. The summed E-state index contributed by atoms with van der Waals surface area (Å²) in [5, 5.41) is 5.66. The first kappa shape index (κ1) is 12.8. The van der Waals surface area contributed by atoms with E-state index in [1.807, 2.05) is 0 Å². The van der Waals surface area contributed by atoms with Crippen molar-refractivity contribution in [3.8, 4) is 0 Å². The fourth-order valence-electron chi connectivity index (χ4n) is 1.79. The van der Waals surface area contributed by atoms with Crippen molar-refractivity contribution in [2.75, 3.05) is 5.32 Å². The van der Waals surface area contributed by atoms with Crippen molar-refractivity contribution in [3.63, 3.8) is 0 Å². The highest BCUT2D eigenvalue weighted by Gasteiger charge is 2.27. The van der Waals surface area contributed by atoms with E-state index in [0.717, 1.165) is 0 Å². The van der Waals surface area contributed by atoms with E-state index in [4.69, 9.17) is 4.42 Å². The molecule has 1 atom stereocenters. The van der Waals surface area contributed by atoms with Gasteiger partial charge in [0.25, 0.3) is 5.91 Å². The summed E-state index contributed by atoms with van der Waals surface area (Å²) in [7, 11) is 0. The molecule has 1 aliphatic rings. The summed E-state index contributed by atoms with van der Waals surface area (Å²) in [5.41, 5.74) is -0.0508. The van der Waals surface area contributed by atoms with Crippen LogP contribution in [0.3, 0.4) is 0 Å². The Balaban J connectivity index is 1.73. The zero-order valence-electron chi connectivity index (χ0n) is 10.3. The van der Waals surface area contributed by atoms with E-state index in [1.165, 1.54) is 17.8 Å². The van der Waals surface area contributed by atoms with E-state index in [9.17, 15) is 9.18 Å². The number of halogens is 1. The number of para-hydroxylation sites is 1. The van der Waals surface area contributed by atoms with Crippen molar-refractivity contribution < 1.29 is 13.6 Å². The zero-order chi connectivity index (χ0) is 13.9. The fraction of sp³-hybridized carbons (Fsp3) is 0.0714. The van der Waals surface area contributed by atoms with Crippen molar-refractivity contribution in [3.05, 3.63) is 59.1 Å². The second-order valence-corrected chi connectivity index (χ2v) is 5.27. The molecule has 20 heavy (non-hydrogen) atoms. The van der Waals surface area contributed by atoms with Gasteiger partial charge in [0.1, 0.15) is 11.6 Å². The van der Waals surface area contributed by atoms with Gasteiger partial charge in [0.05, 0.1) is 16.9 Å². The first-order valence-corrected chi connectivity index (χ1v) is 6.84. The van der Waals surface area contributed by atoms with Crippen LogP contribution in [0.2, 0.25) is 0 Å². The van der Waals surface area contributed by atoms with Crippen LogP contribution < -0.4 is 10.6 Å². The average molecular weight is 290 g/mol. The summed E-state index contributed by atoms with van der Waals surface area (Å²) in [6.07, 6.45) is 3.20. The molecule has 1 amide bonds. The van der Waals surface area contributed by atoms with E-state index in [-0.39, 0.29) is 11.7 Å². The van der Waals surface area contributed by atoms with Gasteiger partial charge in [0, 0.05) is 6.08 Å². The Bertz CT molecular complexity index is 655. The topological polar surface area (TPSA) is 54.3 Å². The van der Waals surface area contributed by atoms with Gasteiger partial charge in [0.15, 0.2) is 5.50 Å². The van der Waals surface area contributed by atoms with Crippen LogP contribution in [0.1, 0.15) is 5.76 Å². The molecule has 1 unspecified atom stereocenters. The number of thioether (sulfide) groups is 1. The molecule has 6 heteroatoms. The number of anilines is 1. The van der Waals surface area contributed by atoms with Crippen LogP contribution in [0.15, 0.2) is 52.0 Å². The van der Waals surface area contributed by atoms with Crippen molar-refractivity contribution in [2.24, 2.45) is 0 Å². The average Bonchev–Trinajstić information content (AvgIpc) is 3.04. The lowest BCUT2D eigenvalue weighted by Crippen LogP contribution is -2.31. The standard InChI is InChI=1S/C14H11FN2O2S/c15-10-5-1-2-6-11(10)16-14-17-13(18)12(20-14)8-9-4-3-7-19-9/h1-8,14,16H,(H,17,18)/b12-8-. The third-order valence-electron chi connectivity index (χ3n) is 2.71. The molecular weight excluding hydrogens is 279 g/mol. The molecule has 2 N–H and O–H groups in total. The number of furan rings is 1. The van der Waals surface area contributed by atoms with Crippen LogP contribution in [-0.2, 0) is 4.79 Å². The van der Waals surface area contributed by atoms with Crippen molar-refractivity contribution in [1.82, 2.24) is 5.32 Å². The molecule has 1 fully saturated rings. The molecule has 1 aromatic carbocycles. The molecule has 0 spiro atoms. The van der Waals surface area contributed by atoms with Gasteiger partial charge >= 0.3 is 0 Å². The van der Waals surface area contributed by atoms with E-state index < -0.39 is 5.50 Å². The Labute approximate surface area is 119 Å². The van der Waals surface area contributed by atoms with E-state index in [1.54, 1.807) is 42.7 Å². The van der Waals surface area contributed by atoms with Gasteiger partial charge in [0.2, 0.25) is 0 Å². The summed E-state index contributed by atoms with van der Waals surface area (Å²) in [6, 6.07) is 9.84. The smallest absolute Gasteiger partial charge is 0.260 e.